The number of nitrogens with one attached hydrogen (secondary N) is 1. The van der Waals surface area contributed by atoms with E-state index in [2.05, 4.69) is 17.3 Å². The SMILES string of the molecule is Cc1nn(C)c(NCC2(C)CCOCC2)c1C(N)=S. The number of aromatic nitrogens is 2. The minimum Gasteiger partial charge on any atom is -0.389 e. The molecule has 19 heavy (non-hydrogen) atoms. The van der Waals surface area contributed by atoms with Crippen LogP contribution in [0.3, 0.4) is 0 Å². The Morgan fingerprint density at radius 2 is 2.16 bits per heavy atom. The van der Waals surface area contributed by atoms with Gasteiger partial charge in [-0.25, -0.2) is 0 Å². The van der Waals surface area contributed by atoms with Gasteiger partial charge in [-0.2, -0.15) is 5.10 Å². The zero-order chi connectivity index (χ0) is 14.0. The summed E-state index contributed by atoms with van der Waals surface area (Å²) in [6.07, 6.45) is 2.14. The van der Waals surface area contributed by atoms with Gasteiger partial charge in [-0.1, -0.05) is 19.1 Å². The topological polar surface area (TPSA) is 65.1 Å². The lowest BCUT2D eigenvalue weighted by Gasteiger charge is -2.34. The van der Waals surface area contributed by atoms with Crippen molar-refractivity contribution in [3.8, 4) is 0 Å². The van der Waals surface area contributed by atoms with Gasteiger partial charge in [0.05, 0.1) is 11.3 Å². The van der Waals surface area contributed by atoms with Crippen molar-refractivity contribution in [1.82, 2.24) is 9.78 Å². The molecule has 1 aromatic rings. The second-order valence-corrected chi connectivity index (χ2v) is 6.01. The first-order valence-corrected chi connectivity index (χ1v) is 6.99. The van der Waals surface area contributed by atoms with Gasteiger partial charge in [0.1, 0.15) is 10.8 Å². The third kappa shape index (κ3) is 3.06. The third-order valence-corrected chi connectivity index (χ3v) is 4.06. The average Bonchev–Trinajstić information content (AvgIpc) is 2.62. The highest BCUT2D eigenvalue weighted by Gasteiger charge is 2.28. The summed E-state index contributed by atoms with van der Waals surface area (Å²) < 4.78 is 7.23. The summed E-state index contributed by atoms with van der Waals surface area (Å²) in [4.78, 5) is 0.394. The number of anilines is 1. The molecular formula is C13H22N4OS. The summed E-state index contributed by atoms with van der Waals surface area (Å²) in [6.45, 7) is 6.77. The number of thiocarbonyl (C=S) groups is 1. The maximum atomic E-state index is 5.79. The number of hydrogen-bond donors (Lipinski definition) is 2. The van der Waals surface area contributed by atoms with Gasteiger partial charge in [0, 0.05) is 26.8 Å². The first-order chi connectivity index (χ1) is 8.93. The van der Waals surface area contributed by atoms with Crippen LogP contribution in [-0.2, 0) is 11.8 Å². The van der Waals surface area contributed by atoms with E-state index in [0.717, 1.165) is 49.7 Å². The number of rotatable bonds is 4. The zero-order valence-electron chi connectivity index (χ0n) is 11.8. The van der Waals surface area contributed by atoms with Crippen LogP contribution in [0, 0.1) is 12.3 Å². The Kier molecular flexibility index (Phi) is 4.10. The molecule has 106 valence electrons. The Balaban J connectivity index is 2.13. The van der Waals surface area contributed by atoms with E-state index in [1.165, 1.54) is 0 Å². The van der Waals surface area contributed by atoms with Crippen LogP contribution in [0.25, 0.3) is 0 Å². The quantitative estimate of drug-likeness (QED) is 0.821. The van der Waals surface area contributed by atoms with E-state index in [-0.39, 0.29) is 5.41 Å². The normalized spacial score (nSPS) is 18.3. The molecular weight excluding hydrogens is 260 g/mol. The van der Waals surface area contributed by atoms with Crippen molar-refractivity contribution in [3.63, 3.8) is 0 Å². The molecule has 5 nitrogen and oxygen atoms in total. The summed E-state index contributed by atoms with van der Waals surface area (Å²) in [5.41, 5.74) is 7.77. The second kappa shape index (κ2) is 5.46. The highest BCUT2D eigenvalue weighted by atomic mass is 32.1. The lowest BCUT2D eigenvalue weighted by molar-refractivity contribution is 0.0299. The second-order valence-electron chi connectivity index (χ2n) is 5.57. The van der Waals surface area contributed by atoms with Crippen molar-refractivity contribution in [3.05, 3.63) is 11.3 Å². The van der Waals surface area contributed by atoms with E-state index in [0.29, 0.717) is 4.99 Å². The van der Waals surface area contributed by atoms with Crippen molar-refractivity contribution in [1.29, 1.82) is 0 Å². The zero-order valence-corrected chi connectivity index (χ0v) is 12.6. The minimum atomic E-state index is 0.254. The van der Waals surface area contributed by atoms with Crippen molar-refractivity contribution < 1.29 is 4.74 Å². The van der Waals surface area contributed by atoms with Gasteiger partial charge < -0.3 is 15.8 Å². The molecule has 0 saturated carbocycles. The fourth-order valence-electron chi connectivity index (χ4n) is 2.49. The lowest BCUT2D eigenvalue weighted by atomic mass is 9.82. The number of nitrogens with two attached hydrogens (primary N) is 1. The Bertz CT molecular complexity index is 477. The minimum absolute atomic E-state index is 0.254. The molecule has 0 aromatic carbocycles. The predicted molar refractivity (Wildman–Crippen MR) is 80.5 cm³/mol. The summed E-state index contributed by atoms with van der Waals surface area (Å²) in [7, 11) is 1.91. The molecule has 6 heteroatoms. The van der Waals surface area contributed by atoms with E-state index >= 15 is 0 Å². The van der Waals surface area contributed by atoms with Gasteiger partial charge in [-0.05, 0) is 25.2 Å². The van der Waals surface area contributed by atoms with E-state index in [9.17, 15) is 0 Å². The average molecular weight is 282 g/mol. The van der Waals surface area contributed by atoms with E-state index in [1.807, 2.05) is 18.7 Å². The van der Waals surface area contributed by atoms with Crippen LogP contribution in [-0.4, -0.2) is 34.5 Å². The monoisotopic (exact) mass is 282 g/mol. The van der Waals surface area contributed by atoms with Gasteiger partial charge in [0.25, 0.3) is 0 Å². The van der Waals surface area contributed by atoms with Crippen molar-refractivity contribution in [2.24, 2.45) is 18.2 Å². The van der Waals surface area contributed by atoms with E-state index in [1.54, 1.807) is 0 Å². The van der Waals surface area contributed by atoms with Crippen LogP contribution < -0.4 is 11.1 Å². The van der Waals surface area contributed by atoms with E-state index < -0.39 is 0 Å². The molecule has 0 spiro atoms. The number of hydrogen-bond acceptors (Lipinski definition) is 4. The molecule has 1 aliphatic heterocycles. The standard InChI is InChI=1S/C13H22N4OS/c1-9-10(11(14)19)12(17(3)16-9)15-8-13(2)4-6-18-7-5-13/h15H,4-8H2,1-3H3,(H2,14,19). The molecule has 0 radical (unpaired) electrons. The first kappa shape index (κ1) is 14.3. The maximum absolute atomic E-state index is 5.79. The van der Waals surface area contributed by atoms with Gasteiger partial charge in [-0.15, -0.1) is 0 Å². The molecule has 1 aromatic heterocycles. The molecule has 2 heterocycles. The molecule has 0 amide bonds. The predicted octanol–water partition coefficient (Wildman–Crippen LogP) is 1.59. The van der Waals surface area contributed by atoms with Crippen LogP contribution in [0.2, 0.25) is 0 Å². The molecule has 0 aliphatic carbocycles. The number of nitrogens with zero attached hydrogens (tertiary/aromatic N) is 2. The lowest BCUT2D eigenvalue weighted by Crippen LogP contribution is -2.34. The summed E-state index contributed by atoms with van der Waals surface area (Å²) in [6, 6.07) is 0. The molecule has 2 rings (SSSR count). The largest absolute Gasteiger partial charge is 0.389 e. The Morgan fingerprint density at radius 3 is 2.74 bits per heavy atom. The molecule has 1 fully saturated rings. The number of aryl methyl sites for hydroxylation is 2. The van der Waals surface area contributed by atoms with Crippen LogP contribution in [0.4, 0.5) is 5.82 Å². The van der Waals surface area contributed by atoms with E-state index in [4.69, 9.17) is 22.7 Å². The first-order valence-electron chi connectivity index (χ1n) is 6.58. The van der Waals surface area contributed by atoms with Crippen molar-refractivity contribution >= 4 is 23.0 Å². The van der Waals surface area contributed by atoms with Gasteiger partial charge in [0.2, 0.25) is 0 Å². The number of ether oxygens (including phenoxy) is 1. The van der Waals surface area contributed by atoms with Crippen LogP contribution in [0.5, 0.6) is 0 Å². The summed E-state index contributed by atoms with van der Waals surface area (Å²) in [5.74, 6) is 0.915. The molecule has 0 atom stereocenters. The Morgan fingerprint density at radius 1 is 1.53 bits per heavy atom. The van der Waals surface area contributed by atoms with Gasteiger partial charge in [0.15, 0.2) is 0 Å². The molecule has 0 bridgehead atoms. The molecule has 1 saturated heterocycles. The molecule has 3 N–H and O–H groups in total. The maximum Gasteiger partial charge on any atom is 0.134 e. The highest BCUT2D eigenvalue weighted by Crippen LogP contribution is 2.30. The van der Waals surface area contributed by atoms with Gasteiger partial charge in [-0.3, -0.25) is 4.68 Å². The Labute approximate surface area is 119 Å². The van der Waals surface area contributed by atoms with Crippen LogP contribution in [0.1, 0.15) is 31.0 Å². The van der Waals surface area contributed by atoms with Crippen molar-refractivity contribution in [2.75, 3.05) is 25.1 Å². The molecule has 1 aliphatic rings. The smallest absolute Gasteiger partial charge is 0.134 e. The van der Waals surface area contributed by atoms with Crippen LogP contribution in [0.15, 0.2) is 0 Å². The highest BCUT2D eigenvalue weighted by molar-refractivity contribution is 7.80. The molecule has 0 unspecified atom stereocenters. The fourth-order valence-corrected chi connectivity index (χ4v) is 2.74. The van der Waals surface area contributed by atoms with Gasteiger partial charge >= 0.3 is 0 Å². The Hall–Kier alpha value is -1.14. The van der Waals surface area contributed by atoms with Crippen LogP contribution >= 0.6 is 12.2 Å². The third-order valence-electron chi connectivity index (χ3n) is 3.85. The summed E-state index contributed by atoms with van der Waals surface area (Å²) in [5, 5.41) is 7.85. The fraction of sp³-hybridized carbons (Fsp3) is 0.692. The van der Waals surface area contributed by atoms with Crippen molar-refractivity contribution in [2.45, 2.75) is 26.7 Å². The summed E-state index contributed by atoms with van der Waals surface area (Å²) >= 11 is 5.11.